The number of nitrogens with zero attached hydrogens (tertiary/aromatic N) is 1. The van der Waals surface area contributed by atoms with Crippen LogP contribution in [0.15, 0.2) is 53.9 Å². The minimum absolute atomic E-state index is 0.0314. The van der Waals surface area contributed by atoms with Crippen LogP contribution in [0.25, 0.3) is 10.6 Å². The molecule has 2 aromatic carbocycles. The molecular formula is C24H27N3O2S. The van der Waals surface area contributed by atoms with Crippen molar-refractivity contribution >= 4 is 23.2 Å². The van der Waals surface area contributed by atoms with Gasteiger partial charge < -0.3 is 10.6 Å². The zero-order valence-electron chi connectivity index (χ0n) is 17.8. The summed E-state index contributed by atoms with van der Waals surface area (Å²) in [6.07, 6.45) is 0. The molecule has 0 atom stereocenters. The molecule has 2 amide bonds. The Morgan fingerprint density at radius 3 is 2.37 bits per heavy atom. The Hall–Kier alpha value is -2.99. The molecule has 5 nitrogen and oxygen atoms in total. The Labute approximate surface area is 181 Å². The fourth-order valence-electron chi connectivity index (χ4n) is 2.96. The quantitative estimate of drug-likeness (QED) is 0.617. The van der Waals surface area contributed by atoms with Crippen molar-refractivity contribution in [3.8, 4) is 10.6 Å². The molecule has 0 fully saturated rings. The molecule has 3 rings (SSSR count). The Kier molecular flexibility index (Phi) is 6.67. The highest BCUT2D eigenvalue weighted by molar-refractivity contribution is 7.13. The molecule has 1 heterocycles. The van der Waals surface area contributed by atoms with E-state index >= 15 is 0 Å². The number of carbonyl (C=O) groups is 2. The molecule has 0 bridgehead atoms. The first-order valence-electron chi connectivity index (χ1n) is 9.90. The smallest absolute Gasteiger partial charge is 0.251 e. The number of aryl methyl sites for hydroxylation is 1. The molecule has 0 aliphatic rings. The Morgan fingerprint density at radius 2 is 1.70 bits per heavy atom. The van der Waals surface area contributed by atoms with Gasteiger partial charge in [-0.1, -0.05) is 57.2 Å². The molecule has 0 unspecified atom stereocenters. The van der Waals surface area contributed by atoms with Crippen molar-refractivity contribution in [3.63, 3.8) is 0 Å². The van der Waals surface area contributed by atoms with E-state index in [1.165, 1.54) is 5.56 Å². The van der Waals surface area contributed by atoms with Gasteiger partial charge in [0.2, 0.25) is 5.91 Å². The van der Waals surface area contributed by atoms with Gasteiger partial charge in [-0.2, -0.15) is 0 Å². The van der Waals surface area contributed by atoms with E-state index in [-0.39, 0.29) is 23.8 Å². The maximum atomic E-state index is 12.3. The van der Waals surface area contributed by atoms with E-state index in [2.05, 4.69) is 49.4 Å². The van der Waals surface area contributed by atoms with Gasteiger partial charge in [-0.05, 0) is 35.6 Å². The molecule has 2 N–H and O–H groups in total. The van der Waals surface area contributed by atoms with Gasteiger partial charge in [0.15, 0.2) is 0 Å². The van der Waals surface area contributed by atoms with E-state index < -0.39 is 0 Å². The number of aromatic nitrogens is 1. The largest absolute Gasteiger partial charge is 0.349 e. The summed E-state index contributed by atoms with van der Waals surface area (Å²) >= 11 is 1.55. The second-order valence-electron chi connectivity index (χ2n) is 8.25. The molecule has 3 aromatic rings. The normalized spacial score (nSPS) is 11.2. The second-order valence-corrected chi connectivity index (χ2v) is 9.10. The molecule has 0 aliphatic carbocycles. The third-order valence-electron chi connectivity index (χ3n) is 4.82. The summed E-state index contributed by atoms with van der Waals surface area (Å²) in [6.45, 7) is 8.68. The molecule has 0 saturated heterocycles. The number of nitrogens with one attached hydrogen (secondary N) is 2. The Morgan fingerprint density at radius 1 is 1.00 bits per heavy atom. The van der Waals surface area contributed by atoms with Gasteiger partial charge in [0, 0.05) is 16.5 Å². The summed E-state index contributed by atoms with van der Waals surface area (Å²) < 4.78 is 0. The minimum atomic E-state index is -0.263. The van der Waals surface area contributed by atoms with Crippen LogP contribution in [0, 0.1) is 6.92 Å². The van der Waals surface area contributed by atoms with Crippen molar-refractivity contribution in [1.29, 1.82) is 0 Å². The Bertz CT molecular complexity index is 1030. The topological polar surface area (TPSA) is 71.1 Å². The van der Waals surface area contributed by atoms with Gasteiger partial charge in [-0.15, -0.1) is 11.3 Å². The number of benzene rings is 2. The first-order chi connectivity index (χ1) is 14.2. The predicted octanol–water partition coefficient (Wildman–Crippen LogP) is 4.46. The third kappa shape index (κ3) is 5.54. The number of hydrogen-bond acceptors (Lipinski definition) is 4. The highest BCUT2D eigenvalue weighted by atomic mass is 32.1. The van der Waals surface area contributed by atoms with E-state index in [4.69, 9.17) is 0 Å². The van der Waals surface area contributed by atoms with Crippen LogP contribution in [0.5, 0.6) is 0 Å². The average molecular weight is 422 g/mol. The standard InChI is InChI=1S/C24H27N3O2S/c1-16-7-5-6-8-20(16)23-27-19(15-30-23)13-25-21(28)14-26-22(29)17-9-11-18(12-10-17)24(2,3)4/h5-12,15H,13-14H2,1-4H3,(H,25,28)(H,26,29). The van der Waals surface area contributed by atoms with Crippen molar-refractivity contribution in [1.82, 2.24) is 15.6 Å². The van der Waals surface area contributed by atoms with Crippen LogP contribution in [-0.2, 0) is 16.8 Å². The zero-order valence-corrected chi connectivity index (χ0v) is 18.6. The Balaban J connectivity index is 1.48. The average Bonchev–Trinajstić information content (AvgIpc) is 3.19. The molecular weight excluding hydrogens is 394 g/mol. The molecule has 1 aromatic heterocycles. The maximum Gasteiger partial charge on any atom is 0.251 e. The van der Waals surface area contributed by atoms with Crippen LogP contribution >= 0.6 is 11.3 Å². The van der Waals surface area contributed by atoms with Gasteiger partial charge in [-0.25, -0.2) is 4.98 Å². The van der Waals surface area contributed by atoms with Crippen molar-refractivity contribution in [3.05, 3.63) is 76.3 Å². The number of hydrogen-bond donors (Lipinski definition) is 2. The minimum Gasteiger partial charge on any atom is -0.349 e. The van der Waals surface area contributed by atoms with Gasteiger partial charge in [0.25, 0.3) is 5.91 Å². The zero-order chi connectivity index (χ0) is 21.7. The summed E-state index contributed by atoms with van der Waals surface area (Å²) in [4.78, 5) is 29.0. The van der Waals surface area contributed by atoms with E-state index in [9.17, 15) is 9.59 Å². The summed E-state index contributed by atoms with van der Waals surface area (Å²) in [7, 11) is 0. The second kappa shape index (κ2) is 9.22. The number of amides is 2. The summed E-state index contributed by atoms with van der Waals surface area (Å²) in [5.41, 5.74) is 4.80. The summed E-state index contributed by atoms with van der Waals surface area (Å²) in [5.74, 6) is -0.513. The SMILES string of the molecule is Cc1ccccc1-c1nc(CNC(=O)CNC(=O)c2ccc(C(C)(C)C)cc2)cs1. The molecule has 0 spiro atoms. The van der Waals surface area contributed by atoms with Crippen molar-refractivity contribution in [2.24, 2.45) is 0 Å². The van der Waals surface area contributed by atoms with Crippen LogP contribution < -0.4 is 10.6 Å². The number of thiazole rings is 1. The van der Waals surface area contributed by atoms with Gasteiger partial charge in [-0.3, -0.25) is 9.59 Å². The highest BCUT2D eigenvalue weighted by Gasteiger charge is 2.15. The van der Waals surface area contributed by atoms with E-state index in [1.54, 1.807) is 23.5 Å². The van der Waals surface area contributed by atoms with Gasteiger partial charge >= 0.3 is 0 Å². The predicted molar refractivity (Wildman–Crippen MR) is 122 cm³/mol. The maximum absolute atomic E-state index is 12.3. The van der Waals surface area contributed by atoms with Gasteiger partial charge in [0.1, 0.15) is 5.01 Å². The molecule has 6 heteroatoms. The van der Waals surface area contributed by atoms with E-state index in [1.807, 2.05) is 35.7 Å². The fraction of sp³-hybridized carbons (Fsp3) is 0.292. The molecule has 0 saturated carbocycles. The van der Waals surface area contributed by atoms with Crippen LogP contribution in [0.3, 0.4) is 0 Å². The summed E-state index contributed by atoms with van der Waals surface area (Å²) in [5, 5.41) is 8.34. The molecule has 0 radical (unpaired) electrons. The lowest BCUT2D eigenvalue weighted by molar-refractivity contribution is -0.120. The lowest BCUT2D eigenvalue weighted by atomic mass is 9.87. The third-order valence-corrected chi connectivity index (χ3v) is 5.74. The van der Waals surface area contributed by atoms with E-state index in [0.717, 1.165) is 21.8 Å². The van der Waals surface area contributed by atoms with Crippen LogP contribution in [0.4, 0.5) is 0 Å². The monoisotopic (exact) mass is 421 g/mol. The first kappa shape index (κ1) is 21.7. The first-order valence-corrected chi connectivity index (χ1v) is 10.8. The molecule has 156 valence electrons. The molecule has 0 aliphatic heterocycles. The molecule has 30 heavy (non-hydrogen) atoms. The van der Waals surface area contributed by atoms with Crippen molar-refractivity contribution in [2.45, 2.75) is 39.7 Å². The van der Waals surface area contributed by atoms with Gasteiger partial charge in [0.05, 0.1) is 18.8 Å². The van der Waals surface area contributed by atoms with Crippen LogP contribution in [0.1, 0.15) is 48.0 Å². The summed E-state index contributed by atoms with van der Waals surface area (Å²) in [6, 6.07) is 15.6. The van der Waals surface area contributed by atoms with Crippen LogP contribution in [-0.4, -0.2) is 23.3 Å². The van der Waals surface area contributed by atoms with E-state index in [0.29, 0.717) is 12.1 Å². The van der Waals surface area contributed by atoms with Crippen molar-refractivity contribution in [2.75, 3.05) is 6.54 Å². The number of carbonyl (C=O) groups excluding carboxylic acids is 2. The highest BCUT2D eigenvalue weighted by Crippen LogP contribution is 2.26. The lowest BCUT2D eigenvalue weighted by Gasteiger charge is -2.19. The number of rotatable bonds is 6. The van der Waals surface area contributed by atoms with Crippen molar-refractivity contribution < 1.29 is 9.59 Å². The van der Waals surface area contributed by atoms with Crippen LogP contribution in [0.2, 0.25) is 0 Å². The fourth-order valence-corrected chi connectivity index (χ4v) is 3.87. The lowest BCUT2D eigenvalue weighted by Crippen LogP contribution is -2.36.